The van der Waals surface area contributed by atoms with Crippen LogP contribution in [0, 0.1) is 0 Å². The van der Waals surface area contributed by atoms with Crippen LogP contribution >= 0.6 is 0 Å². The zero-order valence-corrected chi connectivity index (χ0v) is 13.3. The van der Waals surface area contributed by atoms with Crippen molar-refractivity contribution in [3.05, 3.63) is 11.9 Å². The van der Waals surface area contributed by atoms with Crippen molar-refractivity contribution in [2.75, 3.05) is 16.8 Å². The van der Waals surface area contributed by atoms with Gasteiger partial charge in [-0.1, -0.05) is 20.8 Å². The van der Waals surface area contributed by atoms with Crippen LogP contribution in [0.15, 0.2) is 6.07 Å². The first-order valence-corrected chi connectivity index (χ1v) is 8.09. The Morgan fingerprint density at radius 3 is 2.70 bits per heavy atom. The van der Waals surface area contributed by atoms with Gasteiger partial charge in [0, 0.05) is 31.1 Å². The van der Waals surface area contributed by atoms with Gasteiger partial charge in [-0.2, -0.15) is 0 Å². The maximum atomic E-state index is 4.77. The van der Waals surface area contributed by atoms with Crippen molar-refractivity contribution in [3.63, 3.8) is 0 Å². The highest BCUT2D eigenvalue weighted by Gasteiger charge is 2.30. The monoisotopic (exact) mass is 276 g/mol. The van der Waals surface area contributed by atoms with Gasteiger partial charge >= 0.3 is 0 Å². The Morgan fingerprint density at radius 1 is 1.25 bits per heavy atom. The molecular weight excluding hydrogens is 248 g/mol. The third-order valence-corrected chi connectivity index (χ3v) is 4.15. The average Bonchev–Trinajstić information content (AvgIpc) is 2.85. The summed E-state index contributed by atoms with van der Waals surface area (Å²) in [5.74, 6) is 3.02. The minimum Gasteiger partial charge on any atom is -0.370 e. The fourth-order valence-corrected chi connectivity index (χ4v) is 3.00. The van der Waals surface area contributed by atoms with E-state index in [4.69, 9.17) is 4.98 Å². The van der Waals surface area contributed by atoms with E-state index >= 15 is 0 Å². The fourth-order valence-electron chi connectivity index (χ4n) is 3.00. The highest BCUT2D eigenvalue weighted by Crippen LogP contribution is 2.31. The molecule has 4 nitrogen and oxygen atoms in total. The molecule has 1 aromatic heterocycles. The van der Waals surface area contributed by atoms with Crippen molar-refractivity contribution in [3.8, 4) is 0 Å². The Labute approximate surface area is 123 Å². The number of anilines is 2. The van der Waals surface area contributed by atoms with Crippen molar-refractivity contribution < 1.29 is 0 Å². The van der Waals surface area contributed by atoms with E-state index in [1.165, 1.54) is 19.3 Å². The molecule has 0 saturated carbocycles. The van der Waals surface area contributed by atoms with Crippen LogP contribution in [0.5, 0.6) is 0 Å². The lowest BCUT2D eigenvalue weighted by Gasteiger charge is -2.29. The molecule has 20 heavy (non-hydrogen) atoms. The summed E-state index contributed by atoms with van der Waals surface area (Å²) in [6.07, 6.45) is 5.72. The molecule has 2 unspecified atom stereocenters. The van der Waals surface area contributed by atoms with Gasteiger partial charge in [-0.25, -0.2) is 9.97 Å². The Hall–Kier alpha value is -1.32. The first kappa shape index (κ1) is 15.1. The molecule has 112 valence electrons. The van der Waals surface area contributed by atoms with Crippen molar-refractivity contribution in [2.24, 2.45) is 0 Å². The maximum Gasteiger partial charge on any atom is 0.134 e. The molecule has 1 N–H and O–H groups in total. The van der Waals surface area contributed by atoms with E-state index in [1.54, 1.807) is 0 Å². The largest absolute Gasteiger partial charge is 0.370 e. The second kappa shape index (κ2) is 6.91. The summed E-state index contributed by atoms with van der Waals surface area (Å²) in [6, 6.07) is 3.33. The topological polar surface area (TPSA) is 41.0 Å². The van der Waals surface area contributed by atoms with Gasteiger partial charge in [-0.15, -0.1) is 0 Å². The molecule has 0 spiro atoms. The van der Waals surface area contributed by atoms with E-state index in [0.717, 1.165) is 36.8 Å². The van der Waals surface area contributed by atoms with Gasteiger partial charge in [0.2, 0.25) is 0 Å². The van der Waals surface area contributed by atoms with Crippen LogP contribution in [0.3, 0.4) is 0 Å². The zero-order chi connectivity index (χ0) is 14.5. The number of aromatic nitrogens is 2. The summed E-state index contributed by atoms with van der Waals surface area (Å²) >= 11 is 0. The number of nitrogens with one attached hydrogen (secondary N) is 1. The van der Waals surface area contributed by atoms with Gasteiger partial charge in [-0.05, 0) is 32.6 Å². The van der Waals surface area contributed by atoms with Gasteiger partial charge in [-0.3, -0.25) is 0 Å². The number of rotatable bonds is 6. The molecule has 1 fully saturated rings. The van der Waals surface area contributed by atoms with Crippen LogP contribution in [0.1, 0.15) is 59.2 Å². The molecule has 0 amide bonds. The summed E-state index contributed by atoms with van der Waals surface area (Å²) in [6.45, 7) is 9.84. The number of nitrogens with zero attached hydrogens (tertiary/aromatic N) is 3. The molecule has 2 atom stereocenters. The lowest BCUT2D eigenvalue weighted by molar-refractivity contribution is 0.618. The first-order valence-electron chi connectivity index (χ1n) is 8.09. The molecule has 2 heterocycles. The Balaban J connectivity index is 2.29. The van der Waals surface area contributed by atoms with Crippen LogP contribution in [0.25, 0.3) is 0 Å². The normalized spacial score (nSPS) is 22.3. The predicted octanol–water partition coefficient (Wildman–Crippen LogP) is 3.63. The highest BCUT2D eigenvalue weighted by molar-refractivity contribution is 5.51. The van der Waals surface area contributed by atoms with E-state index in [-0.39, 0.29) is 0 Å². The van der Waals surface area contributed by atoms with E-state index in [0.29, 0.717) is 12.1 Å². The average molecular weight is 276 g/mol. The van der Waals surface area contributed by atoms with Crippen LogP contribution in [0.2, 0.25) is 0 Å². The third kappa shape index (κ3) is 3.22. The van der Waals surface area contributed by atoms with Gasteiger partial charge < -0.3 is 10.2 Å². The predicted molar refractivity (Wildman–Crippen MR) is 85.4 cm³/mol. The lowest BCUT2D eigenvalue weighted by Crippen LogP contribution is -2.35. The lowest BCUT2D eigenvalue weighted by atomic mass is 10.1. The van der Waals surface area contributed by atoms with Crippen LogP contribution in [-0.4, -0.2) is 28.6 Å². The maximum absolute atomic E-state index is 4.77. The summed E-state index contributed by atoms with van der Waals surface area (Å²) in [4.78, 5) is 11.9. The van der Waals surface area contributed by atoms with Crippen LogP contribution < -0.4 is 10.2 Å². The minimum absolute atomic E-state index is 0.582. The molecular formula is C16H28N4. The molecule has 4 heteroatoms. The van der Waals surface area contributed by atoms with Gasteiger partial charge in [0.15, 0.2) is 0 Å². The highest BCUT2D eigenvalue weighted by atomic mass is 15.3. The molecule has 1 aliphatic heterocycles. The van der Waals surface area contributed by atoms with Crippen molar-refractivity contribution >= 4 is 11.6 Å². The van der Waals surface area contributed by atoms with Gasteiger partial charge in [0.25, 0.3) is 0 Å². The number of aryl methyl sites for hydroxylation is 1. The molecule has 0 radical (unpaired) electrons. The van der Waals surface area contributed by atoms with E-state index in [2.05, 4.69) is 49.0 Å². The van der Waals surface area contributed by atoms with Gasteiger partial charge in [0.05, 0.1) is 0 Å². The molecule has 0 aromatic carbocycles. The van der Waals surface area contributed by atoms with E-state index in [9.17, 15) is 0 Å². The standard InChI is InChI=1S/C16H28N4/c1-5-10-17-15-11-16(19-14(7-3)18-15)20-12(4)8-9-13(20)6-2/h11-13H,5-10H2,1-4H3,(H,17,18,19). The fraction of sp³-hybridized carbons (Fsp3) is 0.750. The second-order valence-corrected chi connectivity index (χ2v) is 5.70. The number of hydrogen-bond acceptors (Lipinski definition) is 4. The van der Waals surface area contributed by atoms with Crippen molar-refractivity contribution in [2.45, 2.75) is 71.9 Å². The molecule has 0 aliphatic carbocycles. The van der Waals surface area contributed by atoms with Crippen molar-refractivity contribution in [1.29, 1.82) is 0 Å². The first-order chi connectivity index (χ1) is 9.69. The minimum atomic E-state index is 0.582. The molecule has 1 aromatic rings. The SMILES string of the molecule is CCCNc1cc(N2C(C)CCC2CC)nc(CC)n1. The molecule has 0 bridgehead atoms. The van der Waals surface area contributed by atoms with Crippen LogP contribution in [-0.2, 0) is 6.42 Å². The van der Waals surface area contributed by atoms with Crippen molar-refractivity contribution in [1.82, 2.24) is 9.97 Å². The van der Waals surface area contributed by atoms with E-state index < -0.39 is 0 Å². The van der Waals surface area contributed by atoms with Gasteiger partial charge in [0.1, 0.15) is 17.5 Å². The molecule has 2 rings (SSSR count). The van der Waals surface area contributed by atoms with Crippen LogP contribution in [0.4, 0.5) is 11.6 Å². The Bertz CT molecular complexity index is 432. The quantitative estimate of drug-likeness (QED) is 0.861. The molecule has 1 aliphatic rings. The second-order valence-electron chi connectivity index (χ2n) is 5.70. The number of hydrogen-bond donors (Lipinski definition) is 1. The summed E-state index contributed by atoms with van der Waals surface area (Å²) in [5, 5.41) is 3.40. The summed E-state index contributed by atoms with van der Waals surface area (Å²) in [7, 11) is 0. The van der Waals surface area contributed by atoms with E-state index in [1.807, 2.05) is 0 Å². The smallest absolute Gasteiger partial charge is 0.134 e. The Morgan fingerprint density at radius 2 is 2.05 bits per heavy atom. The zero-order valence-electron chi connectivity index (χ0n) is 13.3. The third-order valence-electron chi connectivity index (χ3n) is 4.15. The summed E-state index contributed by atoms with van der Waals surface area (Å²) in [5.41, 5.74) is 0. The Kier molecular flexibility index (Phi) is 5.21. The summed E-state index contributed by atoms with van der Waals surface area (Å²) < 4.78 is 0. The molecule has 1 saturated heterocycles.